The molecule has 208 valence electrons. The Bertz CT molecular complexity index is 1140. The zero-order valence-corrected chi connectivity index (χ0v) is 22.5. The number of hydrogen-bond acceptors (Lipinski definition) is 10. The van der Waals surface area contributed by atoms with Crippen molar-refractivity contribution in [3.63, 3.8) is 0 Å². The lowest BCUT2D eigenvalue weighted by atomic mass is 9.86. The largest absolute Gasteiger partial charge is 0.497 e. The number of nitrogens with zero attached hydrogens (tertiary/aromatic N) is 1. The zero-order chi connectivity index (χ0) is 27.2. The Morgan fingerprint density at radius 2 is 1.79 bits per heavy atom. The maximum atomic E-state index is 13.7. The molecule has 1 aliphatic carbocycles. The Balaban J connectivity index is 1.48. The van der Waals surface area contributed by atoms with Crippen LogP contribution in [-0.4, -0.2) is 84.5 Å². The van der Waals surface area contributed by atoms with Crippen LogP contribution in [0.2, 0.25) is 0 Å². The molecule has 10 nitrogen and oxygen atoms in total. The van der Waals surface area contributed by atoms with Gasteiger partial charge in [0.25, 0.3) is 0 Å². The number of carbonyl (C=O) groups excluding carboxylic acids is 2. The van der Waals surface area contributed by atoms with E-state index in [1.54, 1.807) is 21.0 Å². The smallest absolute Gasteiger partial charge is 0.339 e. The fraction of sp³-hybridized carbons (Fsp3) is 0.643. The summed E-state index contributed by atoms with van der Waals surface area (Å²) in [6.45, 7) is 5.20. The first-order valence-corrected chi connectivity index (χ1v) is 13.2. The van der Waals surface area contributed by atoms with Crippen molar-refractivity contribution < 1.29 is 43.5 Å². The van der Waals surface area contributed by atoms with E-state index in [1.165, 1.54) is 7.11 Å². The van der Waals surface area contributed by atoms with Crippen LogP contribution in [0.25, 0.3) is 0 Å². The van der Waals surface area contributed by atoms with Crippen molar-refractivity contribution >= 4 is 11.9 Å². The fourth-order valence-corrected chi connectivity index (χ4v) is 6.36. The molecular weight excluding hydrogens is 494 g/mol. The topological polar surface area (TPSA) is 124 Å². The molecule has 1 unspecified atom stereocenters. The minimum atomic E-state index is -2.11. The maximum Gasteiger partial charge on any atom is 0.339 e. The van der Waals surface area contributed by atoms with E-state index in [0.717, 1.165) is 42.6 Å². The van der Waals surface area contributed by atoms with Gasteiger partial charge in [0.1, 0.15) is 5.76 Å². The summed E-state index contributed by atoms with van der Waals surface area (Å²) in [7, 11) is 2.78. The van der Waals surface area contributed by atoms with E-state index in [9.17, 15) is 19.8 Å². The van der Waals surface area contributed by atoms with Crippen molar-refractivity contribution in [1.29, 1.82) is 0 Å². The summed E-state index contributed by atoms with van der Waals surface area (Å²) in [6, 6.07) is 3.98. The number of ether oxygens (including phenoxy) is 5. The SMILES string of the molecule is COC(=O)C[C@](O)(CCCC(C)(C)O)C(=O)O[C@@H]1C(OC)=C2CCN3CCc4cc5c(cc4[C@H]1C23)OCO5. The van der Waals surface area contributed by atoms with Gasteiger partial charge in [-0.2, -0.15) is 0 Å². The van der Waals surface area contributed by atoms with Crippen molar-refractivity contribution in [3.8, 4) is 11.5 Å². The predicted octanol–water partition coefficient (Wildman–Crippen LogP) is 2.19. The third-order valence-electron chi connectivity index (χ3n) is 8.20. The van der Waals surface area contributed by atoms with Crippen LogP contribution in [0.15, 0.2) is 23.5 Å². The zero-order valence-electron chi connectivity index (χ0n) is 22.5. The molecule has 0 radical (unpaired) electrons. The highest BCUT2D eigenvalue weighted by Gasteiger charge is 2.55. The van der Waals surface area contributed by atoms with Gasteiger partial charge in [-0.05, 0) is 74.8 Å². The van der Waals surface area contributed by atoms with Gasteiger partial charge in [-0.1, -0.05) is 0 Å². The van der Waals surface area contributed by atoms with Crippen LogP contribution in [0, 0.1) is 0 Å². The number of hydrogen-bond donors (Lipinski definition) is 2. The van der Waals surface area contributed by atoms with Crippen molar-refractivity contribution in [2.75, 3.05) is 34.1 Å². The van der Waals surface area contributed by atoms with Gasteiger partial charge >= 0.3 is 11.9 Å². The minimum Gasteiger partial charge on any atom is -0.497 e. The van der Waals surface area contributed by atoms with Crippen molar-refractivity contribution in [3.05, 3.63) is 34.6 Å². The number of fused-ring (bicyclic) bond motifs is 3. The van der Waals surface area contributed by atoms with E-state index >= 15 is 0 Å². The molecule has 0 aromatic heterocycles. The van der Waals surface area contributed by atoms with Gasteiger partial charge in [0, 0.05) is 25.0 Å². The van der Waals surface area contributed by atoms with E-state index in [2.05, 4.69) is 4.90 Å². The normalized spacial score (nSPS) is 25.4. The fourth-order valence-electron chi connectivity index (χ4n) is 6.36. The number of esters is 2. The van der Waals surface area contributed by atoms with Gasteiger partial charge in [-0.15, -0.1) is 0 Å². The molecule has 1 aromatic carbocycles. The Labute approximate surface area is 222 Å². The summed E-state index contributed by atoms with van der Waals surface area (Å²) in [6.07, 6.45) is 0.865. The number of benzene rings is 1. The number of carbonyl (C=O) groups is 2. The van der Waals surface area contributed by atoms with Crippen LogP contribution >= 0.6 is 0 Å². The lowest BCUT2D eigenvalue weighted by molar-refractivity contribution is -0.178. The second-order valence-corrected chi connectivity index (χ2v) is 11.3. The summed E-state index contributed by atoms with van der Waals surface area (Å²) in [5, 5.41) is 21.6. The van der Waals surface area contributed by atoms with Gasteiger partial charge in [0.2, 0.25) is 6.79 Å². The molecule has 1 fully saturated rings. The third-order valence-corrected chi connectivity index (χ3v) is 8.20. The molecule has 0 amide bonds. The monoisotopic (exact) mass is 531 g/mol. The molecule has 0 saturated carbocycles. The Morgan fingerprint density at radius 1 is 1.08 bits per heavy atom. The highest BCUT2D eigenvalue weighted by atomic mass is 16.7. The van der Waals surface area contributed by atoms with Crippen LogP contribution < -0.4 is 9.47 Å². The minimum absolute atomic E-state index is 0.00624. The van der Waals surface area contributed by atoms with Crippen LogP contribution in [-0.2, 0) is 30.2 Å². The Kier molecular flexibility index (Phi) is 7.08. The quantitative estimate of drug-likeness (QED) is 0.458. The average molecular weight is 532 g/mol. The molecule has 5 rings (SSSR count). The van der Waals surface area contributed by atoms with Crippen LogP contribution in [0.3, 0.4) is 0 Å². The highest BCUT2D eigenvalue weighted by molar-refractivity contribution is 5.86. The molecule has 1 saturated heterocycles. The number of aliphatic hydroxyl groups is 2. The van der Waals surface area contributed by atoms with Crippen LogP contribution in [0.5, 0.6) is 11.5 Å². The molecule has 3 heterocycles. The van der Waals surface area contributed by atoms with Crippen LogP contribution in [0.1, 0.15) is 63.0 Å². The first kappa shape index (κ1) is 26.8. The summed E-state index contributed by atoms with van der Waals surface area (Å²) in [5.41, 5.74) is 0.110. The Hall–Kier alpha value is -2.82. The second kappa shape index (κ2) is 10.1. The predicted molar refractivity (Wildman–Crippen MR) is 135 cm³/mol. The lowest BCUT2D eigenvalue weighted by Gasteiger charge is -2.33. The van der Waals surface area contributed by atoms with Gasteiger partial charge < -0.3 is 33.9 Å². The van der Waals surface area contributed by atoms with Crippen molar-refractivity contribution in [2.24, 2.45) is 0 Å². The first-order valence-electron chi connectivity index (χ1n) is 13.2. The van der Waals surface area contributed by atoms with Crippen molar-refractivity contribution in [2.45, 2.75) is 81.6 Å². The van der Waals surface area contributed by atoms with Gasteiger partial charge in [0.15, 0.2) is 23.2 Å². The molecule has 0 bridgehead atoms. The van der Waals surface area contributed by atoms with E-state index < -0.39 is 35.7 Å². The van der Waals surface area contributed by atoms with Gasteiger partial charge in [0.05, 0.1) is 26.2 Å². The molecule has 4 aliphatic rings. The number of rotatable bonds is 9. The van der Waals surface area contributed by atoms with Gasteiger partial charge in [-0.3, -0.25) is 9.69 Å². The second-order valence-electron chi connectivity index (χ2n) is 11.3. The molecule has 10 heteroatoms. The Morgan fingerprint density at radius 3 is 2.47 bits per heavy atom. The van der Waals surface area contributed by atoms with E-state index in [4.69, 9.17) is 23.7 Å². The summed E-state index contributed by atoms with van der Waals surface area (Å²) >= 11 is 0. The average Bonchev–Trinajstić information content (AvgIpc) is 3.52. The van der Waals surface area contributed by atoms with E-state index in [1.807, 2.05) is 12.1 Å². The van der Waals surface area contributed by atoms with Crippen LogP contribution in [0.4, 0.5) is 0 Å². The molecule has 1 aromatic rings. The summed E-state index contributed by atoms with van der Waals surface area (Å²) < 4.78 is 28.0. The first-order chi connectivity index (χ1) is 18.0. The number of methoxy groups -OCH3 is 2. The maximum absolute atomic E-state index is 13.7. The van der Waals surface area contributed by atoms with Gasteiger partial charge in [-0.25, -0.2) is 4.79 Å². The molecule has 4 atom stereocenters. The standard InChI is InChI=1S/C28H37NO9/c1-27(2,32)8-5-9-28(33,14-21(30)34-3)26(31)38-25-22-18-13-20-19(36-15-37-20)12-16(18)6-10-29-11-7-17(23(22)29)24(25)35-4/h12-13,22-23,25,32-33H,5-11,14-15H2,1-4H3/t22-,23?,25-,28+/m0/s1. The molecular formula is C28H37NO9. The highest BCUT2D eigenvalue weighted by Crippen LogP contribution is 2.52. The van der Waals surface area contributed by atoms with E-state index in [0.29, 0.717) is 30.1 Å². The lowest BCUT2D eigenvalue weighted by Crippen LogP contribution is -2.46. The summed E-state index contributed by atoms with van der Waals surface area (Å²) in [4.78, 5) is 28.3. The molecule has 2 N–H and O–H groups in total. The van der Waals surface area contributed by atoms with Crippen molar-refractivity contribution in [1.82, 2.24) is 4.90 Å². The molecule has 0 spiro atoms. The summed E-state index contributed by atoms with van der Waals surface area (Å²) in [5.74, 6) is 0.0607. The third kappa shape index (κ3) is 4.85. The van der Waals surface area contributed by atoms with E-state index in [-0.39, 0.29) is 25.2 Å². The molecule has 3 aliphatic heterocycles. The molecule has 38 heavy (non-hydrogen) atoms.